The van der Waals surface area contributed by atoms with Crippen molar-refractivity contribution in [3.63, 3.8) is 0 Å². The van der Waals surface area contributed by atoms with Crippen molar-refractivity contribution in [2.24, 2.45) is 22.6 Å². The number of hydrogen-bond donors (Lipinski definition) is 1. The molecule has 1 saturated carbocycles. The van der Waals surface area contributed by atoms with E-state index in [0.717, 1.165) is 12.5 Å². The highest BCUT2D eigenvalue weighted by Crippen LogP contribution is 2.39. The van der Waals surface area contributed by atoms with E-state index in [4.69, 9.17) is 5.73 Å². The summed E-state index contributed by atoms with van der Waals surface area (Å²) < 4.78 is 0. The van der Waals surface area contributed by atoms with Gasteiger partial charge in [-0.15, -0.1) is 0 Å². The SMILES string of the molecule is C/C1=C/C(c2ccccc2C)=C\C(C)C(C)C=NC1.C=C(C)N.CC.CCCCCC.c1ccc(C2CC2)cc1. The minimum absolute atomic E-state index is 0.485. The second-order valence-electron chi connectivity index (χ2n) is 10.9. The van der Waals surface area contributed by atoms with E-state index < -0.39 is 0 Å². The Kier molecular flexibility index (Phi) is 21.3. The molecule has 2 unspecified atom stereocenters. The molecule has 0 radical (unpaired) electrons. The van der Waals surface area contributed by atoms with Crippen LogP contribution in [0.3, 0.4) is 0 Å². The molecular weight excluding hydrogens is 484 g/mol. The third-order valence-corrected chi connectivity index (χ3v) is 6.62. The summed E-state index contributed by atoms with van der Waals surface area (Å²) in [5.41, 5.74) is 12.4. The molecular formula is C38H60N2. The Morgan fingerprint density at radius 2 is 1.40 bits per heavy atom. The largest absolute Gasteiger partial charge is 0.403 e. The number of nitrogens with zero attached hydrogens (tertiary/aromatic N) is 1. The molecule has 2 atom stereocenters. The van der Waals surface area contributed by atoms with Crippen LogP contribution in [0.1, 0.15) is 117 Å². The third kappa shape index (κ3) is 17.7. The van der Waals surface area contributed by atoms with E-state index in [1.807, 2.05) is 13.8 Å². The summed E-state index contributed by atoms with van der Waals surface area (Å²) in [4.78, 5) is 4.53. The highest BCUT2D eigenvalue weighted by molar-refractivity contribution is 5.77. The van der Waals surface area contributed by atoms with Gasteiger partial charge in [-0.3, -0.25) is 4.99 Å². The van der Waals surface area contributed by atoms with E-state index in [0.29, 0.717) is 17.5 Å². The number of hydrogen-bond acceptors (Lipinski definition) is 2. The van der Waals surface area contributed by atoms with E-state index >= 15 is 0 Å². The van der Waals surface area contributed by atoms with Crippen LogP contribution in [-0.4, -0.2) is 12.8 Å². The van der Waals surface area contributed by atoms with Gasteiger partial charge in [0.2, 0.25) is 0 Å². The number of aliphatic imine (C=N–C) groups is 1. The van der Waals surface area contributed by atoms with Crippen molar-refractivity contribution in [1.82, 2.24) is 0 Å². The third-order valence-electron chi connectivity index (χ3n) is 6.62. The minimum atomic E-state index is 0.485. The molecule has 2 heteroatoms. The number of benzene rings is 2. The predicted molar refractivity (Wildman–Crippen MR) is 183 cm³/mol. The normalized spacial score (nSPS) is 20.1. The Bertz CT molecular complexity index is 1000. The van der Waals surface area contributed by atoms with Crippen LogP contribution in [0.25, 0.3) is 5.57 Å². The lowest BCUT2D eigenvalue weighted by molar-refractivity contribution is 0.600. The van der Waals surface area contributed by atoms with Gasteiger partial charge in [-0.1, -0.05) is 146 Å². The fraction of sp³-hybridized carbons (Fsp3) is 0.500. The molecule has 2 aromatic carbocycles. The van der Waals surface area contributed by atoms with Crippen LogP contribution in [0.2, 0.25) is 0 Å². The highest BCUT2D eigenvalue weighted by atomic mass is 14.7. The molecule has 1 aliphatic carbocycles. The van der Waals surface area contributed by atoms with Gasteiger partial charge in [-0.05, 0) is 79.3 Å². The quantitative estimate of drug-likeness (QED) is 0.373. The van der Waals surface area contributed by atoms with E-state index in [1.54, 1.807) is 6.92 Å². The Balaban J connectivity index is 0.000000597. The summed E-state index contributed by atoms with van der Waals surface area (Å²) >= 11 is 0. The maximum atomic E-state index is 4.92. The Hall–Kier alpha value is -2.87. The molecule has 0 amide bonds. The second kappa shape index (κ2) is 22.9. The van der Waals surface area contributed by atoms with E-state index in [-0.39, 0.29) is 0 Å². The first-order valence-electron chi connectivity index (χ1n) is 15.6. The number of nitrogens with two attached hydrogens (primary N) is 1. The monoisotopic (exact) mass is 544 g/mol. The maximum Gasteiger partial charge on any atom is 0.0596 e. The van der Waals surface area contributed by atoms with Crippen molar-refractivity contribution >= 4 is 11.8 Å². The Morgan fingerprint density at radius 1 is 0.875 bits per heavy atom. The molecule has 0 saturated heterocycles. The topological polar surface area (TPSA) is 38.4 Å². The summed E-state index contributed by atoms with van der Waals surface area (Å²) in [6.45, 7) is 23.2. The smallest absolute Gasteiger partial charge is 0.0596 e. The Morgan fingerprint density at radius 3 is 1.90 bits per heavy atom. The van der Waals surface area contributed by atoms with Crippen LogP contribution in [0.4, 0.5) is 0 Å². The zero-order valence-electron chi connectivity index (χ0n) is 27.3. The molecule has 4 rings (SSSR count). The number of unbranched alkanes of at least 4 members (excludes halogenated alkanes) is 3. The van der Waals surface area contributed by atoms with Crippen molar-refractivity contribution in [3.05, 3.63) is 101 Å². The van der Waals surface area contributed by atoms with Crippen LogP contribution in [0, 0.1) is 18.8 Å². The fourth-order valence-electron chi connectivity index (χ4n) is 4.00. The molecule has 0 aromatic heterocycles. The molecule has 2 aliphatic rings. The highest BCUT2D eigenvalue weighted by Gasteiger charge is 2.22. The first-order valence-corrected chi connectivity index (χ1v) is 15.6. The second-order valence-corrected chi connectivity index (χ2v) is 10.9. The molecule has 0 bridgehead atoms. The van der Waals surface area contributed by atoms with Gasteiger partial charge < -0.3 is 5.73 Å². The van der Waals surface area contributed by atoms with Crippen LogP contribution >= 0.6 is 0 Å². The zero-order chi connectivity index (χ0) is 30.3. The summed E-state index contributed by atoms with van der Waals surface area (Å²) in [6.07, 6.45) is 15.1. The number of aryl methyl sites for hydroxylation is 1. The molecule has 222 valence electrons. The molecule has 1 fully saturated rings. The first-order chi connectivity index (χ1) is 19.2. The van der Waals surface area contributed by atoms with Crippen molar-refractivity contribution < 1.29 is 0 Å². The van der Waals surface area contributed by atoms with Gasteiger partial charge in [-0.2, -0.15) is 0 Å². The number of rotatable bonds is 5. The lowest BCUT2D eigenvalue weighted by Gasteiger charge is -2.14. The summed E-state index contributed by atoms with van der Waals surface area (Å²) in [5.74, 6) is 1.89. The van der Waals surface area contributed by atoms with E-state index in [2.05, 4.69) is 126 Å². The van der Waals surface area contributed by atoms with Gasteiger partial charge in [0.1, 0.15) is 0 Å². The van der Waals surface area contributed by atoms with Gasteiger partial charge in [0.25, 0.3) is 0 Å². The van der Waals surface area contributed by atoms with Crippen LogP contribution in [-0.2, 0) is 0 Å². The molecule has 1 heterocycles. The molecule has 0 spiro atoms. The van der Waals surface area contributed by atoms with E-state index in [9.17, 15) is 0 Å². The van der Waals surface area contributed by atoms with Crippen LogP contribution in [0.15, 0.2) is 89.6 Å². The summed E-state index contributed by atoms with van der Waals surface area (Å²) in [6, 6.07) is 19.4. The molecule has 2 aromatic rings. The molecule has 40 heavy (non-hydrogen) atoms. The summed E-state index contributed by atoms with van der Waals surface area (Å²) in [5, 5.41) is 0. The Labute approximate surface area is 248 Å². The summed E-state index contributed by atoms with van der Waals surface area (Å²) in [7, 11) is 0. The lowest BCUT2D eigenvalue weighted by Crippen LogP contribution is -2.07. The van der Waals surface area contributed by atoms with Crippen molar-refractivity contribution in [1.29, 1.82) is 0 Å². The predicted octanol–water partition coefficient (Wildman–Crippen LogP) is 11.3. The average molecular weight is 545 g/mol. The van der Waals surface area contributed by atoms with Crippen LogP contribution < -0.4 is 5.73 Å². The zero-order valence-corrected chi connectivity index (χ0v) is 27.3. The van der Waals surface area contributed by atoms with Gasteiger partial charge in [0.05, 0.1) is 6.54 Å². The van der Waals surface area contributed by atoms with Gasteiger partial charge >= 0.3 is 0 Å². The average Bonchev–Trinajstić information content (AvgIpc) is 3.79. The molecule has 1 aliphatic heterocycles. The maximum absolute atomic E-state index is 4.92. The first kappa shape index (κ1) is 37.1. The van der Waals surface area contributed by atoms with Crippen molar-refractivity contribution in [3.8, 4) is 0 Å². The van der Waals surface area contributed by atoms with Crippen LogP contribution in [0.5, 0.6) is 0 Å². The molecule has 2 N–H and O–H groups in total. The van der Waals surface area contributed by atoms with Gasteiger partial charge in [-0.25, -0.2) is 0 Å². The standard InChI is InChI=1S/C18H23N.C9H10.C6H14.C3H7N.C2H6/c1-13-9-17(18-8-6-5-7-14(18)2)10-15(3)16(4)12-19-11-13;1-2-4-8(5-3-1)9-6-7-9;1-3-5-6-4-2;1-3(2)4;1-2/h5-10,12,15-16H,11H2,1-4H3;1-5,9H,6-7H2;3-6H2,1-2H3;1,4H2,2H3;1-2H3/b13-9-,17-10+,19-12?;;;;. The minimum Gasteiger partial charge on any atom is -0.403 e. The van der Waals surface area contributed by atoms with Gasteiger partial charge in [0, 0.05) is 6.21 Å². The van der Waals surface area contributed by atoms with Crippen molar-refractivity contribution in [2.75, 3.05) is 6.54 Å². The lowest BCUT2D eigenvalue weighted by atomic mass is 9.91. The van der Waals surface area contributed by atoms with Gasteiger partial charge in [0.15, 0.2) is 0 Å². The number of allylic oxidation sites excluding steroid dienone is 4. The molecule has 2 nitrogen and oxygen atoms in total. The van der Waals surface area contributed by atoms with Crippen molar-refractivity contribution in [2.45, 2.75) is 107 Å². The fourth-order valence-corrected chi connectivity index (χ4v) is 4.00. The van der Waals surface area contributed by atoms with E-state index in [1.165, 1.54) is 66.4 Å².